The van der Waals surface area contributed by atoms with E-state index in [1.165, 1.54) is 18.2 Å². The first kappa shape index (κ1) is 20.8. The fourth-order valence-corrected chi connectivity index (χ4v) is 4.99. The van der Waals surface area contributed by atoms with Crippen LogP contribution in [0.2, 0.25) is 0 Å². The molecule has 8 nitrogen and oxygen atoms in total. The number of benzene rings is 1. The van der Waals surface area contributed by atoms with E-state index in [9.17, 15) is 4.79 Å². The third kappa shape index (κ3) is 4.17. The summed E-state index contributed by atoms with van der Waals surface area (Å²) in [6, 6.07) is 11.2. The lowest BCUT2D eigenvalue weighted by atomic mass is 10.0. The summed E-state index contributed by atoms with van der Waals surface area (Å²) in [5.74, 6) is 2.70. The van der Waals surface area contributed by atoms with Crippen molar-refractivity contribution in [3.05, 3.63) is 59.8 Å². The second-order valence-corrected chi connectivity index (χ2v) is 8.84. The van der Waals surface area contributed by atoms with Gasteiger partial charge in [0.1, 0.15) is 23.4 Å². The molecule has 2 aliphatic heterocycles. The quantitative estimate of drug-likeness (QED) is 0.525. The van der Waals surface area contributed by atoms with Gasteiger partial charge in [-0.2, -0.15) is 5.10 Å². The highest BCUT2D eigenvalue weighted by Gasteiger charge is 2.35. The SMILES string of the molecule is COc1ccc(C2=NN(C(=O)CSc3nnc4n3CCCCC4)C(c3ccco3)C2)cc1. The molecule has 0 bridgehead atoms. The van der Waals surface area contributed by atoms with Crippen molar-refractivity contribution in [1.82, 2.24) is 19.8 Å². The normalized spacial score (nSPS) is 18.2. The molecule has 1 unspecified atom stereocenters. The fraction of sp³-hybridized carbons (Fsp3) is 0.391. The van der Waals surface area contributed by atoms with Gasteiger partial charge in [0.15, 0.2) is 5.16 Å². The van der Waals surface area contributed by atoms with Gasteiger partial charge in [-0.25, -0.2) is 5.01 Å². The van der Waals surface area contributed by atoms with E-state index in [4.69, 9.17) is 14.3 Å². The largest absolute Gasteiger partial charge is 0.497 e. The first-order valence-electron chi connectivity index (χ1n) is 10.8. The fourth-order valence-electron chi connectivity index (χ4n) is 4.16. The zero-order valence-corrected chi connectivity index (χ0v) is 18.8. The number of aryl methyl sites for hydroxylation is 1. The van der Waals surface area contributed by atoms with Gasteiger partial charge in [-0.3, -0.25) is 4.79 Å². The molecule has 0 saturated carbocycles. The van der Waals surface area contributed by atoms with Crippen LogP contribution in [-0.4, -0.2) is 44.3 Å². The van der Waals surface area contributed by atoms with Crippen LogP contribution < -0.4 is 4.74 Å². The number of carbonyl (C=O) groups is 1. The Morgan fingerprint density at radius 3 is 2.84 bits per heavy atom. The van der Waals surface area contributed by atoms with Crippen molar-refractivity contribution in [3.8, 4) is 5.75 Å². The third-order valence-corrected chi connectivity index (χ3v) is 6.81. The van der Waals surface area contributed by atoms with Gasteiger partial charge in [0.05, 0.1) is 24.8 Å². The molecular weight excluding hydrogens is 426 g/mol. The third-order valence-electron chi connectivity index (χ3n) is 5.86. The molecule has 166 valence electrons. The molecule has 4 heterocycles. The summed E-state index contributed by atoms with van der Waals surface area (Å²) >= 11 is 1.43. The number of thioether (sulfide) groups is 1. The van der Waals surface area contributed by atoms with Crippen LogP contribution in [0.1, 0.15) is 48.9 Å². The maximum atomic E-state index is 13.2. The van der Waals surface area contributed by atoms with E-state index >= 15 is 0 Å². The smallest absolute Gasteiger partial charge is 0.253 e. The molecule has 0 saturated heterocycles. The Morgan fingerprint density at radius 2 is 2.06 bits per heavy atom. The molecule has 1 aromatic carbocycles. The number of hydrogen-bond acceptors (Lipinski definition) is 7. The Kier molecular flexibility index (Phi) is 5.98. The van der Waals surface area contributed by atoms with Crippen molar-refractivity contribution in [2.75, 3.05) is 12.9 Å². The number of hydrogen-bond donors (Lipinski definition) is 0. The number of fused-ring (bicyclic) bond motifs is 1. The Labute approximate surface area is 190 Å². The molecule has 0 radical (unpaired) electrons. The second kappa shape index (κ2) is 9.20. The molecule has 2 aromatic heterocycles. The van der Waals surface area contributed by atoms with E-state index < -0.39 is 0 Å². The molecule has 3 aromatic rings. The van der Waals surface area contributed by atoms with Gasteiger partial charge in [-0.05, 0) is 54.8 Å². The average molecular weight is 452 g/mol. The zero-order chi connectivity index (χ0) is 21.9. The van der Waals surface area contributed by atoms with Gasteiger partial charge in [0.25, 0.3) is 5.91 Å². The maximum Gasteiger partial charge on any atom is 0.253 e. The van der Waals surface area contributed by atoms with Crippen molar-refractivity contribution in [1.29, 1.82) is 0 Å². The number of rotatable bonds is 6. The summed E-state index contributed by atoms with van der Waals surface area (Å²) in [5.41, 5.74) is 1.82. The Bertz CT molecular complexity index is 1110. The highest BCUT2D eigenvalue weighted by atomic mass is 32.2. The van der Waals surface area contributed by atoms with Crippen LogP contribution in [0.25, 0.3) is 0 Å². The van der Waals surface area contributed by atoms with Crippen LogP contribution in [0, 0.1) is 0 Å². The molecule has 9 heteroatoms. The highest BCUT2D eigenvalue weighted by Crippen LogP contribution is 2.34. The zero-order valence-electron chi connectivity index (χ0n) is 17.9. The van der Waals surface area contributed by atoms with Crippen LogP contribution in [0.3, 0.4) is 0 Å². The van der Waals surface area contributed by atoms with Crippen LogP contribution in [-0.2, 0) is 17.8 Å². The topological polar surface area (TPSA) is 85.8 Å². The summed E-state index contributed by atoms with van der Waals surface area (Å²) in [5, 5.41) is 15.7. The average Bonchev–Trinajstić information content (AvgIpc) is 3.55. The summed E-state index contributed by atoms with van der Waals surface area (Å²) in [6.45, 7) is 0.914. The van der Waals surface area contributed by atoms with E-state index in [0.717, 1.165) is 59.6 Å². The summed E-state index contributed by atoms with van der Waals surface area (Å²) < 4.78 is 13.0. The molecule has 1 amide bonds. The molecule has 0 N–H and O–H groups in total. The van der Waals surface area contributed by atoms with Gasteiger partial charge in [0, 0.05) is 19.4 Å². The molecule has 0 fully saturated rings. The Balaban J connectivity index is 1.34. The van der Waals surface area contributed by atoms with Crippen molar-refractivity contribution >= 4 is 23.4 Å². The molecule has 1 atom stereocenters. The summed E-state index contributed by atoms with van der Waals surface area (Å²) in [4.78, 5) is 13.2. The molecule has 2 aliphatic rings. The summed E-state index contributed by atoms with van der Waals surface area (Å²) in [7, 11) is 1.64. The minimum absolute atomic E-state index is 0.0779. The van der Waals surface area contributed by atoms with E-state index in [1.807, 2.05) is 36.4 Å². The van der Waals surface area contributed by atoms with Gasteiger partial charge >= 0.3 is 0 Å². The van der Waals surface area contributed by atoms with Crippen molar-refractivity contribution < 1.29 is 13.9 Å². The van der Waals surface area contributed by atoms with Crippen molar-refractivity contribution in [2.24, 2.45) is 5.10 Å². The monoisotopic (exact) mass is 451 g/mol. The lowest BCUT2D eigenvalue weighted by molar-refractivity contribution is -0.130. The molecule has 0 aliphatic carbocycles. The van der Waals surface area contributed by atoms with E-state index in [2.05, 4.69) is 14.8 Å². The van der Waals surface area contributed by atoms with Crippen LogP contribution in [0.5, 0.6) is 5.75 Å². The van der Waals surface area contributed by atoms with Gasteiger partial charge < -0.3 is 13.7 Å². The molecule has 32 heavy (non-hydrogen) atoms. The lowest BCUT2D eigenvalue weighted by Gasteiger charge is -2.19. The minimum Gasteiger partial charge on any atom is -0.497 e. The minimum atomic E-state index is -0.259. The van der Waals surface area contributed by atoms with E-state index in [-0.39, 0.29) is 17.7 Å². The number of amides is 1. The van der Waals surface area contributed by atoms with Crippen LogP contribution >= 0.6 is 11.8 Å². The number of nitrogens with zero attached hydrogens (tertiary/aromatic N) is 5. The first-order chi connectivity index (χ1) is 15.7. The predicted octanol–water partition coefficient (Wildman–Crippen LogP) is 4.08. The van der Waals surface area contributed by atoms with Gasteiger partial charge in [-0.15, -0.1) is 10.2 Å². The second-order valence-electron chi connectivity index (χ2n) is 7.90. The summed E-state index contributed by atoms with van der Waals surface area (Å²) in [6.07, 6.45) is 6.63. The highest BCUT2D eigenvalue weighted by molar-refractivity contribution is 7.99. The predicted molar refractivity (Wildman–Crippen MR) is 121 cm³/mol. The molecule has 0 spiro atoms. The lowest BCUT2D eigenvalue weighted by Crippen LogP contribution is -2.28. The van der Waals surface area contributed by atoms with Crippen LogP contribution in [0.15, 0.2) is 57.3 Å². The maximum absolute atomic E-state index is 13.2. The molecule has 5 rings (SSSR count). The Hall–Kier alpha value is -3.07. The number of hydrazone groups is 1. The van der Waals surface area contributed by atoms with Crippen LogP contribution in [0.4, 0.5) is 0 Å². The number of ether oxygens (including phenoxy) is 1. The van der Waals surface area contributed by atoms with Gasteiger partial charge in [-0.1, -0.05) is 18.2 Å². The van der Waals surface area contributed by atoms with E-state index in [1.54, 1.807) is 18.4 Å². The van der Waals surface area contributed by atoms with Gasteiger partial charge in [0.2, 0.25) is 0 Å². The number of carbonyl (C=O) groups excluding carboxylic acids is 1. The number of aromatic nitrogens is 3. The number of furan rings is 1. The van der Waals surface area contributed by atoms with Crippen molar-refractivity contribution in [2.45, 2.75) is 49.8 Å². The number of methoxy groups -OCH3 is 1. The standard InChI is InChI=1S/C23H25N5O3S/c1-30-17-10-8-16(9-11-17)18-14-19(20-6-5-13-31-20)28(26-18)22(29)15-32-23-25-24-21-7-3-2-4-12-27(21)23/h5-6,8-11,13,19H,2-4,7,12,14-15H2,1H3. The van der Waals surface area contributed by atoms with E-state index in [0.29, 0.717) is 6.42 Å². The van der Waals surface area contributed by atoms with Crippen molar-refractivity contribution in [3.63, 3.8) is 0 Å². The first-order valence-corrected chi connectivity index (χ1v) is 11.8. The molecular formula is C23H25N5O3S. The Morgan fingerprint density at radius 1 is 1.19 bits per heavy atom.